The van der Waals surface area contributed by atoms with Gasteiger partial charge in [0, 0.05) is 24.6 Å². The number of halogens is 2. The van der Waals surface area contributed by atoms with Crippen LogP contribution in [-0.4, -0.2) is 82.7 Å². The highest BCUT2D eigenvalue weighted by Gasteiger charge is 2.28. The van der Waals surface area contributed by atoms with Crippen LogP contribution in [0, 0.1) is 6.57 Å². The number of aliphatic hydroxyl groups is 1. The Morgan fingerprint density at radius 3 is 2.54 bits per heavy atom. The molecule has 1 heterocycles. The first-order valence-corrected chi connectivity index (χ1v) is 15.0. The van der Waals surface area contributed by atoms with Gasteiger partial charge in [0.25, 0.3) is 11.9 Å². The molecule has 0 spiro atoms. The molecule has 1 saturated heterocycles. The van der Waals surface area contributed by atoms with Gasteiger partial charge >= 0.3 is 5.97 Å². The molecule has 3 atom stereocenters. The van der Waals surface area contributed by atoms with Crippen LogP contribution in [0.4, 0.5) is 0 Å². The Bertz CT molecular complexity index is 1340. The second kappa shape index (κ2) is 13.2. The molecule has 0 saturated carbocycles. The number of guanidine groups is 1. The van der Waals surface area contributed by atoms with Gasteiger partial charge in [-0.2, -0.15) is 11.5 Å². The molecule has 1 fully saturated rings. The van der Waals surface area contributed by atoms with E-state index in [0.29, 0.717) is 30.3 Å². The number of aromatic hydroxyl groups is 1. The molecule has 1 aliphatic heterocycles. The van der Waals surface area contributed by atoms with E-state index in [4.69, 9.17) is 29.8 Å². The molecule has 0 radical (unpaired) electrons. The summed E-state index contributed by atoms with van der Waals surface area (Å²) >= 11 is 12.7. The lowest BCUT2D eigenvalue weighted by Gasteiger charge is -2.18. The van der Waals surface area contributed by atoms with Crippen molar-refractivity contribution in [1.29, 1.82) is 0 Å². The SMILES string of the molecule is [C-]#[N+]NC(=NC[C@H](NC(=O)c1c(Cl)cc(CCP(C)(=O)c2cccc(O)c2)cc1Cl)C(=O)O)N1CC[C@@H](O)C1. The number of aryl methyl sites for hydroxylation is 1. The fraction of sp³-hybridized carbons (Fsp3) is 0.360. The molecule has 1 amide bonds. The van der Waals surface area contributed by atoms with Crippen LogP contribution in [0.5, 0.6) is 5.75 Å². The number of likely N-dealkylation sites (tertiary alicyclic amines) is 1. The third-order valence-electron chi connectivity index (χ3n) is 6.18. The molecule has 14 heteroatoms. The fourth-order valence-electron chi connectivity index (χ4n) is 4.03. The number of phenolic OH excluding ortho intramolecular Hbond substituents is 1. The van der Waals surface area contributed by atoms with E-state index < -0.39 is 31.2 Å². The summed E-state index contributed by atoms with van der Waals surface area (Å²) in [5.74, 6) is -2.06. The molecular formula is C25H28Cl2N5O6P. The van der Waals surface area contributed by atoms with Crippen molar-refractivity contribution in [3.63, 3.8) is 0 Å². The summed E-state index contributed by atoms with van der Waals surface area (Å²) < 4.78 is 13.2. The van der Waals surface area contributed by atoms with Gasteiger partial charge in [-0.3, -0.25) is 4.79 Å². The molecular weight excluding hydrogens is 568 g/mol. The van der Waals surface area contributed by atoms with Crippen LogP contribution in [0.15, 0.2) is 41.4 Å². The molecule has 2 aromatic carbocycles. The monoisotopic (exact) mass is 595 g/mol. The minimum atomic E-state index is -2.81. The lowest BCUT2D eigenvalue weighted by molar-refractivity contribution is -0.138. The number of rotatable bonds is 9. The molecule has 208 valence electrons. The average Bonchev–Trinajstić information content (AvgIpc) is 3.30. The number of phenols is 1. The number of carbonyl (C=O) groups excluding carboxylic acids is 1. The van der Waals surface area contributed by atoms with E-state index in [-0.39, 0.29) is 46.6 Å². The molecule has 2 aromatic rings. The smallest absolute Gasteiger partial charge is 0.328 e. The van der Waals surface area contributed by atoms with Gasteiger partial charge in [-0.05, 0) is 49.3 Å². The van der Waals surface area contributed by atoms with Crippen LogP contribution in [0.25, 0.3) is 4.95 Å². The first-order chi connectivity index (χ1) is 18.4. The summed E-state index contributed by atoms with van der Waals surface area (Å²) in [5.41, 5.74) is 2.87. The van der Waals surface area contributed by atoms with Crippen molar-refractivity contribution in [2.24, 2.45) is 4.99 Å². The van der Waals surface area contributed by atoms with Crippen LogP contribution in [-0.2, 0) is 15.8 Å². The van der Waals surface area contributed by atoms with E-state index >= 15 is 0 Å². The predicted molar refractivity (Wildman–Crippen MR) is 149 cm³/mol. The number of carbonyl (C=O) groups is 2. The Morgan fingerprint density at radius 1 is 1.28 bits per heavy atom. The van der Waals surface area contributed by atoms with Crippen LogP contribution >= 0.6 is 30.3 Å². The number of aliphatic imine (C=N–C) groups is 1. The Balaban J connectivity index is 1.71. The average molecular weight is 596 g/mol. The van der Waals surface area contributed by atoms with Crippen LogP contribution < -0.4 is 16.0 Å². The van der Waals surface area contributed by atoms with Crippen molar-refractivity contribution in [2.45, 2.75) is 25.0 Å². The second-order valence-corrected chi connectivity index (χ2v) is 13.1. The van der Waals surface area contributed by atoms with E-state index in [1.165, 1.54) is 24.3 Å². The van der Waals surface area contributed by atoms with Crippen LogP contribution in [0.2, 0.25) is 10.0 Å². The number of benzene rings is 2. The van der Waals surface area contributed by atoms with E-state index in [2.05, 4.69) is 20.7 Å². The molecule has 3 rings (SSSR count). The molecule has 0 aromatic heterocycles. The number of β-amino-alcohol motifs (C(OH)–C–C–N with tert-alkyl or cyclic N) is 1. The Kier molecular flexibility index (Phi) is 10.2. The maximum Gasteiger partial charge on any atom is 0.328 e. The largest absolute Gasteiger partial charge is 0.508 e. The van der Waals surface area contributed by atoms with E-state index in [1.807, 2.05) is 0 Å². The number of carboxylic acids is 1. The number of aliphatic carboxylic acids is 1. The van der Waals surface area contributed by atoms with Gasteiger partial charge in [0.15, 0.2) is 0 Å². The van der Waals surface area contributed by atoms with Gasteiger partial charge in [0.1, 0.15) is 18.9 Å². The zero-order chi connectivity index (χ0) is 28.7. The van der Waals surface area contributed by atoms with Gasteiger partial charge in [-0.25, -0.2) is 9.79 Å². The first-order valence-electron chi connectivity index (χ1n) is 11.9. The fourth-order valence-corrected chi connectivity index (χ4v) is 6.48. The summed E-state index contributed by atoms with van der Waals surface area (Å²) in [6, 6.07) is 7.84. The lowest BCUT2D eigenvalue weighted by Crippen LogP contribution is -2.44. The van der Waals surface area contributed by atoms with Crippen molar-refractivity contribution in [2.75, 3.05) is 32.5 Å². The number of amides is 1. The quantitative estimate of drug-likeness (QED) is 0.0973. The standard InChI is InChI=1S/C25H28Cl2N5O6P/c1-28-31-25(32-8-6-17(34)14-32)29-13-21(24(36)37)30-23(35)22-19(26)10-15(11-20(22)27)7-9-39(2,38)18-5-3-4-16(33)12-18/h3-5,10-12,17,21,33-34H,6-9,13-14H2,2H3,(H,29,31)(H,30,35)(H,36,37)/t17-,21+,39?/m1/s1. The molecule has 1 unspecified atom stereocenters. The maximum atomic E-state index is 13.2. The highest BCUT2D eigenvalue weighted by atomic mass is 35.5. The normalized spacial score (nSPS) is 17.7. The molecule has 5 N–H and O–H groups in total. The topological polar surface area (TPSA) is 156 Å². The molecule has 1 aliphatic rings. The van der Waals surface area contributed by atoms with Gasteiger partial charge in [0.2, 0.25) is 0 Å². The number of hydrogen-bond donors (Lipinski definition) is 5. The third kappa shape index (κ3) is 8.10. The minimum absolute atomic E-state index is 0.00709. The Morgan fingerprint density at radius 2 is 1.97 bits per heavy atom. The Hall–Kier alpha value is -3.29. The summed E-state index contributed by atoms with van der Waals surface area (Å²) in [5, 5.41) is 31.9. The van der Waals surface area contributed by atoms with Crippen molar-refractivity contribution >= 4 is 53.5 Å². The predicted octanol–water partition coefficient (Wildman–Crippen LogP) is 2.59. The molecule has 11 nitrogen and oxygen atoms in total. The Labute approximate surface area is 235 Å². The summed E-state index contributed by atoms with van der Waals surface area (Å²) in [6.07, 6.45) is 0.499. The maximum absolute atomic E-state index is 13.2. The molecule has 39 heavy (non-hydrogen) atoms. The summed E-state index contributed by atoms with van der Waals surface area (Å²) in [7, 11) is -2.81. The van der Waals surface area contributed by atoms with Gasteiger partial charge in [0.05, 0.1) is 28.3 Å². The molecule has 0 aliphatic carbocycles. The van der Waals surface area contributed by atoms with E-state index in [9.17, 15) is 29.5 Å². The number of hydrogen-bond acceptors (Lipinski definition) is 6. The van der Waals surface area contributed by atoms with Crippen molar-refractivity contribution in [3.05, 3.63) is 69.1 Å². The third-order valence-corrected chi connectivity index (χ3v) is 9.22. The number of aliphatic hydroxyl groups excluding tert-OH is 1. The minimum Gasteiger partial charge on any atom is -0.508 e. The summed E-state index contributed by atoms with van der Waals surface area (Å²) in [4.78, 5) is 33.6. The number of carboxylic acid groups (broad SMARTS) is 1. The van der Waals surface area contributed by atoms with Gasteiger partial charge in [-0.15, -0.1) is 0 Å². The first kappa shape index (κ1) is 30.3. The van der Waals surface area contributed by atoms with E-state index in [0.717, 1.165) is 0 Å². The number of nitrogens with one attached hydrogen (secondary N) is 2. The second-order valence-electron chi connectivity index (χ2n) is 9.17. The van der Waals surface area contributed by atoms with E-state index in [1.54, 1.807) is 23.7 Å². The van der Waals surface area contributed by atoms with Gasteiger partial charge in [-0.1, -0.05) is 40.8 Å². The van der Waals surface area contributed by atoms with Crippen molar-refractivity contribution in [3.8, 4) is 5.75 Å². The highest BCUT2D eigenvalue weighted by molar-refractivity contribution is 7.70. The number of nitrogens with zero attached hydrogens (tertiary/aromatic N) is 3. The van der Waals surface area contributed by atoms with Gasteiger partial charge < -0.3 is 30.1 Å². The lowest BCUT2D eigenvalue weighted by atomic mass is 10.1. The molecule has 0 bridgehead atoms. The van der Waals surface area contributed by atoms with Crippen LogP contribution in [0.1, 0.15) is 22.3 Å². The zero-order valence-electron chi connectivity index (χ0n) is 21.0. The van der Waals surface area contributed by atoms with Crippen molar-refractivity contribution in [1.82, 2.24) is 15.6 Å². The highest BCUT2D eigenvalue weighted by Crippen LogP contribution is 2.41. The zero-order valence-corrected chi connectivity index (χ0v) is 23.4. The summed E-state index contributed by atoms with van der Waals surface area (Å²) in [6.45, 7) is 8.93. The van der Waals surface area contributed by atoms with Crippen molar-refractivity contribution < 1.29 is 29.5 Å². The van der Waals surface area contributed by atoms with Crippen LogP contribution in [0.3, 0.4) is 0 Å².